The van der Waals surface area contributed by atoms with Crippen molar-refractivity contribution in [2.24, 2.45) is 5.92 Å². The average Bonchev–Trinajstić information content (AvgIpc) is 2.81. The van der Waals surface area contributed by atoms with E-state index in [0.29, 0.717) is 0 Å². The smallest absolute Gasteiger partial charge is 0.368 e. The van der Waals surface area contributed by atoms with Crippen LogP contribution in [0.25, 0.3) is 0 Å². The third-order valence-corrected chi connectivity index (χ3v) is 9.36. The highest BCUT2D eigenvalue weighted by molar-refractivity contribution is 6.65. The Hall–Kier alpha value is 0.0969. The summed E-state index contributed by atoms with van der Waals surface area (Å²) in [5, 5.41) is 0.117. The van der Waals surface area contributed by atoms with Gasteiger partial charge in [-0.2, -0.15) is 0 Å². The van der Waals surface area contributed by atoms with E-state index in [9.17, 15) is 0 Å². The minimum absolute atomic E-state index is 0.117. The lowest BCUT2D eigenvalue weighted by molar-refractivity contribution is -0.0910. The molecule has 2 saturated carbocycles. The maximum absolute atomic E-state index is 6.78. The molecule has 0 unspecified atom stereocenters. The molecule has 0 aromatic carbocycles. The van der Waals surface area contributed by atoms with E-state index in [4.69, 9.17) is 13.3 Å². The molecule has 0 radical (unpaired) electrons. The summed E-state index contributed by atoms with van der Waals surface area (Å²) < 4.78 is 20.3. The van der Waals surface area contributed by atoms with Gasteiger partial charge in [-0.3, -0.25) is 0 Å². The third-order valence-electron chi connectivity index (χ3n) is 4.71. The maximum Gasteiger partial charge on any atom is 0.508 e. The van der Waals surface area contributed by atoms with E-state index in [1.54, 1.807) is 0 Å². The van der Waals surface area contributed by atoms with Gasteiger partial charge in [0.15, 0.2) is 0 Å². The summed E-state index contributed by atoms with van der Waals surface area (Å²) in [6.45, 7) is 19.2. The average molecular weight is 343 g/mol. The van der Waals surface area contributed by atoms with Gasteiger partial charge in [0.05, 0.1) is 16.8 Å². The van der Waals surface area contributed by atoms with Crippen molar-refractivity contribution in [2.75, 3.05) is 0 Å². The first-order valence-corrected chi connectivity index (χ1v) is 11.0. The van der Waals surface area contributed by atoms with E-state index in [1.165, 1.54) is 32.1 Å². The Morgan fingerprint density at radius 2 is 1.04 bits per heavy atom. The summed E-state index contributed by atoms with van der Waals surface area (Å²) in [4.78, 5) is 0. The molecular formula is C19H38O3Si. The van der Waals surface area contributed by atoms with Gasteiger partial charge >= 0.3 is 8.80 Å². The Balaban J connectivity index is 2.48. The number of fused-ring (bicyclic) bond motifs is 2. The fourth-order valence-corrected chi connectivity index (χ4v) is 8.85. The van der Waals surface area contributed by atoms with Crippen LogP contribution in [0.3, 0.4) is 0 Å². The lowest BCUT2D eigenvalue weighted by Gasteiger charge is -2.50. The van der Waals surface area contributed by atoms with E-state index in [1.807, 2.05) is 0 Å². The first kappa shape index (κ1) is 19.4. The molecule has 0 spiro atoms. The van der Waals surface area contributed by atoms with E-state index in [0.717, 1.165) is 5.92 Å². The number of hydrogen-bond acceptors (Lipinski definition) is 3. The second kappa shape index (κ2) is 5.82. The topological polar surface area (TPSA) is 27.7 Å². The molecule has 0 aliphatic heterocycles. The van der Waals surface area contributed by atoms with Gasteiger partial charge in [-0.05, 0) is 100 Å². The molecule has 3 nitrogen and oxygen atoms in total. The fraction of sp³-hybridized carbons (Fsp3) is 1.00. The van der Waals surface area contributed by atoms with Gasteiger partial charge in [0.1, 0.15) is 0 Å². The molecule has 2 fully saturated rings. The summed E-state index contributed by atoms with van der Waals surface area (Å²) in [7, 11) is -2.88. The normalized spacial score (nSPS) is 29.3. The van der Waals surface area contributed by atoms with Crippen LogP contribution in [0.1, 0.15) is 94.4 Å². The van der Waals surface area contributed by atoms with Crippen LogP contribution in [-0.2, 0) is 13.3 Å². The molecule has 2 aliphatic rings. The van der Waals surface area contributed by atoms with Crippen molar-refractivity contribution in [3.05, 3.63) is 0 Å². The van der Waals surface area contributed by atoms with Crippen LogP contribution < -0.4 is 0 Å². The Morgan fingerprint density at radius 1 is 0.696 bits per heavy atom. The lowest BCUT2D eigenvalue weighted by Crippen LogP contribution is -2.63. The van der Waals surface area contributed by atoms with Crippen molar-refractivity contribution in [3.63, 3.8) is 0 Å². The third kappa shape index (κ3) is 4.59. The molecule has 0 amide bonds. The SMILES string of the molecule is CC(C)(C)O[Si](OC(C)(C)C)(OC(C)(C)C)C12CCC(CC1)C2. The summed E-state index contributed by atoms with van der Waals surface area (Å²) in [6.07, 6.45) is 6.24. The van der Waals surface area contributed by atoms with Gasteiger partial charge in [-0.15, -0.1) is 0 Å². The second-order valence-electron chi connectivity index (χ2n) is 10.6. The zero-order valence-electron chi connectivity index (χ0n) is 16.8. The van der Waals surface area contributed by atoms with Crippen molar-refractivity contribution >= 4 is 8.80 Å². The Kier molecular flexibility index (Phi) is 4.92. The Morgan fingerprint density at radius 3 is 1.26 bits per heavy atom. The van der Waals surface area contributed by atoms with Crippen LogP contribution in [0.5, 0.6) is 0 Å². The summed E-state index contributed by atoms with van der Waals surface area (Å²) >= 11 is 0. The van der Waals surface area contributed by atoms with Gasteiger partial charge in [0.2, 0.25) is 0 Å². The van der Waals surface area contributed by atoms with Crippen LogP contribution in [0.2, 0.25) is 5.04 Å². The van der Waals surface area contributed by atoms with Crippen LogP contribution >= 0.6 is 0 Å². The summed E-state index contributed by atoms with van der Waals surface area (Å²) in [5.74, 6) is 0.845. The predicted molar refractivity (Wildman–Crippen MR) is 97.5 cm³/mol. The molecule has 23 heavy (non-hydrogen) atoms. The standard InChI is InChI=1S/C19H38O3Si/c1-16(2,3)20-23(21-17(4,5)6,22-18(7,8)9)19-12-10-15(14-19)11-13-19/h15H,10-14H2,1-9H3. The van der Waals surface area contributed by atoms with Crippen LogP contribution in [0.15, 0.2) is 0 Å². The highest BCUT2D eigenvalue weighted by Crippen LogP contribution is 2.66. The molecule has 136 valence electrons. The molecule has 0 atom stereocenters. The minimum atomic E-state index is -2.88. The molecule has 4 heteroatoms. The van der Waals surface area contributed by atoms with E-state index >= 15 is 0 Å². The van der Waals surface area contributed by atoms with E-state index < -0.39 is 8.80 Å². The highest BCUT2D eigenvalue weighted by Gasteiger charge is 2.69. The van der Waals surface area contributed by atoms with Crippen molar-refractivity contribution < 1.29 is 13.3 Å². The lowest BCUT2D eigenvalue weighted by atomic mass is 10.0. The van der Waals surface area contributed by atoms with E-state index in [2.05, 4.69) is 62.3 Å². The predicted octanol–water partition coefficient (Wildman–Crippen LogP) is 5.70. The monoisotopic (exact) mass is 342 g/mol. The zero-order chi connectivity index (χ0) is 17.7. The van der Waals surface area contributed by atoms with Crippen molar-refractivity contribution in [2.45, 2.75) is 116 Å². The van der Waals surface area contributed by atoms with Crippen molar-refractivity contribution in [1.29, 1.82) is 0 Å². The second-order valence-corrected chi connectivity index (χ2v) is 13.4. The zero-order valence-corrected chi connectivity index (χ0v) is 17.8. The quantitative estimate of drug-likeness (QED) is 0.613. The van der Waals surface area contributed by atoms with Gasteiger partial charge in [0.25, 0.3) is 0 Å². The molecule has 2 rings (SSSR count). The van der Waals surface area contributed by atoms with E-state index in [-0.39, 0.29) is 21.8 Å². The molecule has 0 N–H and O–H groups in total. The van der Waals surface area contributed by atoms with Crippen LogP contribution in [-0.4, -0.2) is 25.6 Å². The first-order chi connectivity index (χ1) is 10.2. The molecule has 0 aromatic heterocycles. The largest absolute Gasteiger partial charge is 0.508 e. The molecule has 0 heterocycles. The Labute approximate surface area is 144 Å². The first-order valence-electron chi connectivity index (χ1n) is 9.26. The van der Waals surface area contributed by atoms with Crippen molar-refractivity contribution in [3.8, 4) is 0 Å². The summed E-state index contributed by atoms with van der Waals surface area (Å²) in [6, 6.07) is 0. The molecule has 2 bridgehead atoms. The number of rotatable bonds is 4. The fourth-order valence-electron chi connectivity index (χ4n) is 4.22. The van der Waals surface area contributed by atoms with Gasteiger partial charge in [-0.1, -0.05) is 0 Å². The van der Waals surface area contributed by atoms with Crippen molar-refractivity contribution in [1.82, 2.24) is 0 Å². The highest BCUT2D eigenvalue weighted by atomic mass is 28.4. The molecule has 2 aliphatic carbocycles. The number of hydrogen-bond donors (Lipinski definition) is 0. The molecular weight excluding hydrogens is 304 g/mol. The maximum atomic E-state index is 6.78. The Bertz CT molecular complexity index is 377. The molecule has 0 saturated heterocycles. The van der Waals surface area contributed by atoms with Gasteiger partial charge < -0.3 is 13.3 Å². The summed E-state index contributed by atoms with van der Waals surface area (Å²) in [5.41, 5.74) is -0.797. The van der Waals surface area contributed by atoms with Gasteiger partial charge in [0, 0.05) is 5.04 Å². The van der Waals surface area contributed by atoms with Crippen LogP contribution in [0, 0.1) is 5.92 Å². The van der Waals surface area contributed by atoms with Crippen LogP contribution in [0.4, 0.5) is 0 Å². The minimum Gasteiger partial charge on any atom is -0.368 e. The van der Waals surface area contributed by atoms with Gasteiger partial charge in [-0.25, -0.2) is 0 Å². The molecule has 0 aromatic rings.